The third kappa shape index (κ3) is 6.43. The summed E-state index contributed by atoms with van der Waals surface area (Å²) in [5.74, 6) is 0.516. The molecule has 105 valence electrons. The molecule has 1 radical (unpaired) electrons. The summed E-state index contributed by atoms with van der Waals surface area (Å²) in [5.41, 5.74) is 7.19. The number of hydrogen-bond donors (Lipinski definition) is 0. The summed E-state index contributed by atoms with van der Waals surface area (Å²) in [4.78, 5) is 13.6. The molecule has 0 aromatic heterocycles. The van der Waals surface area contributed by atoms with Crippen molar-refractivity contribution in [2.45, 2.75) is 23.1 Å². The lowest BCUT2D eigenvalue weighted by Crippen LogP contribution is -2.41. The van der Waals surface area contributed by atoms with Crippen LogP contribution in [-0.2, 0) is 9.53 Å². The molecule has 0 aromatic rings. The van der Waals surface area contributed by atoms with Crippen LogP contribution in [-0.4, -0.2) is 47.4 Å². The molecule has 1 aliphatic rings. The maximum atomic E-state index is 11.8. The zero-order valence-corrected chi connectivity index (χ0v) is 12.4. The molecule has 1 rings (SSSR count). The summed E-state index contributed by atoms with van der Waals surface area (Å²) in [6.45, 7) is 1.81. The summed E-state index contributed by atoms with van der Waals surface area (Å²) >= 11 is 16.6. The van der Waals surface area contributed by atoms with Gasteiger partial charge in [0.25, 0.3) is 0 Å². The summed E-state index contributed by atoms with van der Waals surface area (Å²) in [6.07, 6.45) is 2.86. The molecule has 1 saturated heterocycles. The van der Waals surface area contributed by atoms with Gasteiger partial charge in [0.05, 0.1) is 6.61 Å². The number of carbonyl (C=O) groups excluding carboxylic acids is 1. The van der Waals surface area contributed by atoms with Crippen molar-refractivity contribution in [3.8, 4) is 0 Å². The molecule has 1 aliphatic heterocycles. The zero-order valence-electron chi connectivity index (χ0n) is 10.1. The molecule has 0 spiro atoms. The van der Waals surface area contributed by atoms with Crippen molar-refractivity contribution in [1.29, 1.82) is 0 Å². The van der Waals surface area contributed by atoms with Crippen molar-refractivity contribution < 1.29 is 9.53 Å². The van der Waals surface area contributed by atoms with Crippen molar-refractivity contribution >= 4 is 40.7 Å². The summed E-state index contributed by atoms with van der Waals surface area (Å²) in [7, 11) is 0. The average Bonchev–Trinajstić information content (AvgIpc) is 2.28. The van der Waals surface area contributed by atoms with Crippen LogP contribution in [0.4, 0.5) is 0 Å². The third-order valence-electron chi connectivity index (χ3n) is 3.01. The normalized spacial score (nSPS) is 18.1. The Morgan fingerprint density at radius 2 is 1.94 bits per heavy atom. The molecule has 7 heteroatoms. The van der Waals surface area contributed by atoms with Gasteiger partial charge in [-0.1, -0.05) is 34.8 Å². The van der Waals surface area contributed by atoms with Crippen molar-refractivity contribution in [1.82, 2.24) is 10.6 Å². The lowest BCUT2D eigenvalue weighted by atomic mass is 9.94. The molecular weight excluding hydrogens is 298 g/mol. The van der Waals surface area contributed by atoms with E-state index in [1.165, 1.54) is 0 Å². The van der Waals surface area contributed by atoms with Crippen LogP contribution in [0.3, 0.4) is 0 Å². The van der Waals surface area contributed by atoms with Crippen molar-refractivity contribution in [2.75, 3.05) is 32.8 Å². The Morgan fingerprint density at radius 1 is 1.33 bits per heavy atom. The minimum Gasteiger partial charge on any atom is -0.367 e. The molecule has 18 heavy (non-hydrogen) atoms. The Morgan fingerprint density at radius 3 is 2.44 bits per heavy atom. The first-order valence-electron chi connectivity index (χ1n) is 5.99. The van der Waals surface area contributed by atoms with E-state index in [4.69, 9.17) is 45.3 Å². The molecule has 1 N–H and O–H groups in total. The number of alkyl halides is 3. The third-order valence-corrected chi connectivity index (χ3v) is 3.34. The number of piperidine rings is 1. The first-order chi connectivity index (χ1) is 8.42. The first kappa shape index (κ1) is 16.3. The molecular formula is C11H18Cl3N2O2. The van der Waals surface area contributed by atoms with Crippen LogP contribution in [0.1, 0.15) is 19.3 Å². The fourth-order valence-corrected chi connectivity index (χ4v) is 2.25. The molecule has 0 atom stereocenters. The molecule has 0 aliphatic carbocycles. The maximum absolute atomic E-state index is 11.8. The van der Waals surface area contributed by atoms with Crippen molar-refractivity contribution in [2.24, 2.45) is 5.92 Å². The van der Waals surface area contributed by atoms with E-state index in [1.807, 2.05) is 0 Å². The smallest absolute Gasteiger partial charge is 0.248 e. The monoisotopic (exact) mass is 315 g/mol. The molecule has 1 fully saturated rings. The Kier molecular flexibility index (Phi) is 7.03. The second-order valence-electron chi connectivity index (χ2n) is 4.47. The predicted molar refractivity (Wildman–Crippen MR) is 73.0 cm³/mol. The van der Waals surface area contributed by atoms with Gasteiger partial charge in [-0.15, -0.1) is 0 Å². The van der Waals surface area contributed by atoms with Crippen LogP contribution >= 0.6 is 34.8 Å². The fraction of sp³-hybridized carbons (Fsp3) is 0.909. The summed E-state index contributed by atoms with van der Waals surface area (Å²) < 4.78 is 3.60. The van der Waals surface area contributed by atoms with Crippen LogP contribution in [0.5, 0.6) is 0 Å². The van der Waals surface area contributed by atoms with Crippen LogP contribution < -0.4 is 5.73 Å². The molecule has 1 amide bonds. The minimum absolute atomic E-state index is 0.0446. The van der Waals surface area contributed by atoms with Crippen molar-refractivity contribution in [3.63, 3.8) is 0 Å². The topological polar surface area (TPSA) is 53.3 Å². The van der Waals surface area contributed by atoms with Crippen LogP contribution in [0.15, 0.2) is 0 Å². The van der Waals surface area contributed by atoms with Crippen LogP contribution in [0.25, 0.3) is 0 Å². The van der Waals surface area contributed by atoms with E-state index in [1.54, 1.807) is 4.90 Å². The predicted octanol–water partition coefficient (Wildman–Crippen LogP) is 2.28. The minimum atomic E-state index is -1.47. The highest BCUT2D eigenvalue weighted by atomic mass is 35.6. The van der Waals surface area contributed by atoms with E-state index in [2.05, 4.69) is 0 Å². The fourth-order valence-electron chi connectivity index (χ4n) is 2.02. The number of nitrogens with one attached hydrogen (secondary N) is 1. The molecule has 0 saturated carbocycles. The van der Waals surface area contributed by atoms with Crippen LogP contribution in [0.2, 0.25) is 0 Å². The highest BCUT2D eigenvalue weighted by molar-refractivity contribution is 6.67. The molecule has 4 nitrogen and oxygen atoms in total. The van der Waals surface area contributed by atoms with Gasteiger partial charge in [-0.2, -0.15) is 0 Å². The van der Waals surface area contributed by atoms with E-state index in [-0.39, 0.29) is 19.1 Å². The second kappa shape index (κ2) is 7.75. The Balaban J connectivity index is 2.20. The van der Waals surface area contributed by atoms with Gasteiger partial charge in [0.1, 0.15) is 6.61 Å². The molecule has 0 bridgehead atoms. The van der Waals surface area contributed by atoms with Gasteiger partial charge in [-0.05, 0) is 25.2 Å². The Labute approximate surface area is 123 Å². The van der Waals surface area contributed by atoms with Crippen LogP contribution in [0, 0.1) is 5.92 Å². The number of rotatable bonds is 5. The van der Waals surface area contributed by atoms with E-state index >= 15 is 0 Å². The zero-order chi connectivity index (χ0) is 13.6. The standard InChI is InChI=1S/C11H18Cl3N2O2/c12-11(13,14)8-18-7-10(17)16-5-2-9(1-4-15)3-6-16/h9,15H,1-8H2. The van der Waals surface area contributed by atoms with Crippen molar-refractivity contribution in [3.05, 3.63) is 0 Å². The lowest BCUT2D eigenvalue weighted by molar-refractivity contribution is -0.137. The van der Waals surface area contributed by atoms with Gasteiger partial charge in [-0.25, -0.2) is 0 Å². The van der Waals surface area contributed by atoms with Gasteiger partial charge in [-0.3, -0.25) is 10.5 Å². The highest BCUT2D eigenvalue weighted by Crippen LogP contribution is 2.26. The van der Waals surface area contributed by atoms with Gasteiger partial charge < -0.3 is 9.64 Å². The summed E-state index contributed by atoms with van der Waals surface area (Å²) in [6, 6.07) is 0. The molecule has 1 heterocycles. The van der Waals surface area contributed by atoms with Gasteiger partial charge in [0.15, 0.2) is 0 Å². The van der Waals surface area contributed by atoms with E-state index < -0.39 is 3.79 Å². The molecule has 0 aromatic carbocycles. The van der Waals surface area contributed by atoms with E-state index in [0.717, 1.165) is 32.4 Å². The number of carbonyl (C=O) groups is 1. The number of likely N-dealkylation sites (tertiary alicyclic amines) is 1. The quantitative estimate of drug-likeness (QED) is 0.731. The summed E-state index contributed by atoms with van der Waals surface area (Å²) in [5, 5.41) is 0. The van der Waals surface area contributed by atoms with Gasteiger partial charge in [0.2, 0.25) is 9.70 Å². The SMILES string of the molecule is [NH]CCC1CCN(C(=O)COCC(Cl)(Cl)Cl)CC1. The first-order valence-corrected chi connectivity index (χ1v) is 7.12. The number of hydrogen-bond acceptors (Lipinski definition) is 2. The maximum Gasteiger partial charge on any atom is 0.248 e. The second-order valence-corrected chi connectivity index (χ2v) is 6.99. The highest BCUT2D eigenvalue weighted by Gasteiger charge is 2.24. The van der Waals surface area contributed by atoms with E-state index in [9.17, 15) is 4.79 Å². The average molecular weight is 317 g/mol. The largest absolute Gasteiger partial charge is 0.367 e. The number of nitrogens with zero attached hydrogens (tertiary/aromatic N) is 1. The Hall–Kier alpha value is 0.260. The van der Waals surface area contributed by atoms with Gasteiger partial charge in [0, 0.05) is 19.6 Å². The Bertz CT molecular complexity index is 264. The van der Waals surface area contributed by atoms with Gasteiger partial charge >= 0.3 is 0 Å². The lowest BCUT2D eigenvalue weighted by Gasteiger charge is -2.31. The van der Waals surface area contributed by atoms with E-state index in [0.29, 0.717) is 12.5 Å². The number of amides is 1. The molecule has 0 unspecified atom stereocenters. The number of ether oxygens (including phenoxy) is 1. The number of halogens is 3.